The van der Waals surface area contributed by atoms with Crippen LogP contribution in [0.15, 0.2) is 42.5 Å². The van der Waals surface area contributed by atoms with E-state index in [0.29, 0.717) is 11.3 Å². The largest absolute Gasteiger partial charge is 0.422 e. The lowest BCUT2D eigenvalue weighted by molar-refractivity contribution is -0.384. The molecule has 0 saturated heterocycles. The standard InChI is InChI=1S/C14H8ClNO5/c15-11-3-6-13(10(7-11)8-17)21-14(18)9-1-4-12(5-2-9)16(19)20/h1-8H. The fourth-order valence-corrected chi connectivity index (χ4v) is 1.76. The first-order valence-electron chi connectivity index (χ1n) is 5.72. The third-order valence-corrected chi connectivity index (χ3v) is 2.85. The lowest BCUT2D eigenvalue weighted by Crippen LogP contribution is -2.09. The van der Waals surface area contributed by atoms with Crippen LogP contribution in [0.4, 0.5) is 5.69 Å². The predicted molar refractivity (Wildman–Crippen MR) is 74.9 cm³/mol. The number of carbonyl (C=O) groups excluding carboxylic acids is 2. The summed E-state index contributed by atoms with van der Waals surface area (Å²) in [7, 11) is 0. The number of hydrogen-bond acceptors (Lipinski definition) is 5. The van der Waals surface area contributed by atoms with E-state index >= 15 is 0 Å². The highest BCUT2D eigenvalue weighted by molar-refractivity contribution is 6.30. The number of rotatable bonds is 4. The number of nitro benzene ring substituents is 1. The van der Waals surface area contributed by atoms with E-state index in [4.69, 9.17) is 16.3 Å². The summed E-state index contributed by atoms with van der Waals surface area (Å²) >= 11 is 5.73. The molecule has 0 bridgehead atoms. The molecule has 0 aliphatic heterocycles. The molecule has 0 aliphatic carbocycles. The quantitative estimate of drug-likeness (QED) is 0.284. The number of nitro groups is 1. The van der Waals surface area contributed by atoms with Gasteiger partial charge in [-0.15, -0.1) is 0 Å². The normalized spacial score (nSPS) is 9.95. The Labute approximate surface area is 124 Å². The number of halogens is 1. The number of ether oxygens (including phenoxy) is 1. The molecule has 0 aliphatic rings. The molecule has 7 heteroatoms. The zero-order valence-corrected chi connectivity index (χ0v) is 11.2. The molecular weight excluding hydrogens is 298 g/mol. The Balaban J connectivity index is 2.21. The van der Waals surface area contributed by atoms with E-state index in [9.17, 15) is 19.7 Å². The van der Waals surface area contributed by atoms with Crippen LogP contribution in [0.1, 0.15) is 20.7 Å². The Morgan fingerprint density at radius 2 is 1.86 bits per heavy atom. The van der Waals surface area contributed by atoms with Crippen molar-refractivity contribution in [1.29, 1.82) is 0 Å². The average Bonchev–Trinajstić information content (AvgIpc) is 2.49. The second kappa shape index (κ2) is 6.15. The summed E-state index contributed by atoms with van der Waals surface area (Å²) in [6, 6.07) is 9.18. The van der Waals surface area contributed by atoms with E-state index < -0.39 is 10.9 Å². The van der Waals surface area contributed by atoms with Crippen molar-refractivity contribution in [3.8, 4) is 5.75 Å². The molecule has 0 saturated carbocycles. The number of hydrogen-bond donors (Lipinski definition) is 0. The van der Waals surface area contributed by atoms with Gasteiger partial charge in [0.1, 0.15) is 5.75 Å². The highest BCUT2D eigenvalue weighted by atomic mass is 35.5. The van der Waals surface area contributed by atoms with Crippen molar-refractivity contribution in [2.24, 2.45) is 0 Å². The highest BCUT2D eigenvalue weighted by Gasteiger charge is 2.13. The first-order valence-corrected chi connectivity index (χ1v) is 6.10. The fraction of sp³-hybridized carbons (Fsp3) is 0. The maximum Gasteiger partial charge on any atom is 0.343 e. The molecule has 0 spiro atoms. The topological polar surface area (TPSA) is 86.5 Å². The minimum absolute atomic E-state index is 0.0674. The smallest absolute Gasteiger partial charge is 0.343 e. The third kappa shape index (κ3) is 3.43. The van der Waals surface area contributed by atoms with Gasteiger partial charge in [0.05, 0.1) is 16.1 Å². The molecule has 0 atom stereocenters. The minimum atomic E-state index is -0.727. The van der Waals surface area contributed by atoms with Crippen LogP contribution in [0.5, 0.6) is 5.75 Å². The van der Waals surface area contributed by atoms with Gasteiger partial charge in [0, 0.05) is 17.2 Å². The van der Waals surface area contributed by atoms with Gasteiger partial charge in [-0.05, 0) is 30.3 Å². The summed E-state index contributed by atoms with van der Waals surface area (Å²) in [4.78, 5) is 32.8. The van der Waals surface area contributed by atoms with Crippen LogP contribution >= 0.6 is 11.6 Å². The summed E-state index contributed by atoms with van der Waals surface area (Å²) < 4.78 is 5.08. The molecule has 2 rings (SSSR count). The van der Waals surface area contributed by atoms with E-state index in [0.717, 1.165) is 0 Å². The lowest BCUT2D eigenvalue weighted by Gasteiger charge is -2.06. The Morgan fingerprint density at radius 3 is 2.43 bits per heavy atom. The van der Waals surface area contributed by atoms with E-state index in [1.807, 2.05) is 0 Å². The van der Waals surface area contributed by atoms with Crippen LogP contribution in [-0.4, -0.2) is 17.2 Å². The monoisotopic (exact) mass is 305 g/mol. The Hall–Kier alpha value is -2.73. The molecule has 0 N–H and O–H groups in total. The van der Waals surface area contributed by atoms with Crippen molar-refractivity contribution in [3.63, 3.8) is 0 Å². The van der Waals surface area contributed by atoms with Crippen LogP contribution in [0.25, 0.3) is 0 Å². The maximum absolute atomic E-state index is 11.9. The Morgan fingerprint density at radius 1 is 1.19 bits per heavy atom. The van der Waals surface area contributed by atoms with Crippen molar-refractivity contribution in [2.75, 3.05) is 0 Å². The fourth-order valence-electron chi connectivity index (χ4n) is 1.58. The number of non-ortho nitro benzene ring substituents is 1. The van der Waals surface area contributed by atoms with Gasteiger partial charge in [-0.1, -0.05) is 11.6 Å². The van der Waals surface area contributed by atoms with E-state index in [-0.39, 0.29) is 22.6 Å². The number of benzene rings is 2. The van der Waals surface area contributed by atoms with Crippen molar-refractivity contribution in [2.45, 2.75) is 0 Å². The van der Waals surface area contributed by atoms with E-state index in [1.165, 1.54) is 42.5 Å². The molecule has 0 fully saturated rings. The first-order chi connectivity index (χ1) is 10.0. The van der Waals surface area contributed by atoms with Gasteiger partial charge >= 0.3 is 5.97 Å². The van der Waals surface area contributed by atoms with Crippen molar-refractivity contribution < 1.29 is 19.2 Å². The molecule has 0 amide bonds. The van der Waals surface area contributed by atoms with Crippen LogP contribution in [0.2, 0.25) is 5.02 Å². The molecule has 21 heavy (non-hydrogen) atoms. The molecule has 0 radical (unpaired) electrons. The van der Waals surface area contributed by atoms with Gasteiger partial charge in [-0.2, -0.15) is 0 Å². The van der Waals surface area contributed by atoms with Gasteiger partial charge in [0.2, 0.25) is 0 Å². The van der Waals surface area contributed by atoms with Gasteiger partial charge in [-0.3, -0.25) is 14.9 Å². The Kier molecular flexibility index (Phi) is 4.30. The molecule has 2 aromatic carbocycles. The SMILES string of the molecule is O=Cc1cc(Cl)ccc1OC(=O)c1ccc([N+](=O)[O-])cc1. The molecule has 0 unspecified atom stereocenters. The van der Waals surface area contributed by atoms with Crippen LogP contribution < -0.4 is 4.74 Å². The number of nitrogens with zero attached hydrogens (tertiary/aromatic N) is 1. The molecule has 0 aromatic heterocycles. The predicted octanol–water partition coefficient (Wildman–Crippen LogP) is 3.28. The Bertz CT molecular complexity index is 712. The first kappa shape index (κ1) is 14.7. The van der Waals surface area contributed by atoms with Crippen molar-refractivity contribution in [1.82, 2.24) is 0 Å². The molecule has 106 valence electrons. The minimum Gasteiger partial charge on any atom is -0.422 e. The molecule has 2 aromatic rings. The summed E-state index contributed by atoms with van der Waals surface area (Å²) in [6.07, 6.45) is 0.518. The number of carbonyl (C=O) groups is 2. The number of aldehydes is 1. The molecular formula is C14H8ClNO5. The summed E-state index contributed by atoms with van der Waals surface area (Å²) in [6.45, 7) is 0. The average molecular weight is 306 g/mol. The highest BCUT2D eigenvalue weighted by Crippen LogP contribution is 2.22. The van der Waals surface area contributed by atoms with Crippen LogP contribution in [0, 0.1) is 10.1 Å². The summed E-state index contributed by atoms with van der Waals surface area (Å²) in [5, 5.41) is 10.9. The van der Waals surface area contributed by atoms with Crippen LogP contribution in [0.3, 0.4) is 0 Å². The van der Waals surface area contributed by atoms with Gasteiger partial charge in [-0.25, -0.2) is 4.79 Å². The second-order valence-corrected chi connectivity index (χ2v) is 4.43. The van der Waals surface area contributed by atoms with E-state index in [1.54, 1.807) is 0 Å². The zero-order chi connectivity index (χ0) is 15.4. The second-order valence-electron chi connectivity index (χ2n) is 3.99. The van der Waals surface area contributed by atoms with Crippen molar-refractivity contribution in [3.05, 3.63) is 68.7 Å². The molecule has 0 heterocycles. The molecule has 6 nitrogen and oxygen atoms in total. The van der Waals surface area contributed by atoms with Crippen LogP contribution in [-0.2, 0) is 0 Å². The van der Waals surface area contributed by atoms with Gasteiger partial charge in [0.25, 0.3) is 5.69 Å². The van der Waals surface area contributed by atoms with Crippen molar-refractivity contribution >= 4 is 29.5 Å². The maximum atomic E-state index is 11.9. The summed E-state index contributed by atoms with van der Waals surface area (Å²) in [5.74, 6) is -0.659. The lowest BCUT2D eigenvalue weighted by atomic mass is 10.2. The zero-order valence-electron chi connectivity index (χ0n) is 10.5. The van der Waals surface area contributed by atoms with Gasteiger partial charge in [0.15, 0.2) is 6.29 Å². The van der Waals surface area contributed by atoms with E-state index in [2.05, 4.69) is 0 Å². The number of esters is 1. The third-order valence-electron chi connectivity index (χ3n) is 2.62. The van der Waals surface area contributed by atoms with Gasteiger partial charge < -0.3 is 4.74 Å². The summed E-state index contributed by atoms with van der Waals surface area (Å²) in [5.41, 5.74) is 0.136.